The van der Waals surface area contributed by atoms with Crippen LogP contribution in [-0.4, -0.2) is 33.2 Å². The van der Waals surface area contributed by atoms with Crippen LogP contribution in [-0.2, 0) is 29.2 Å². The van der Waals surface area contributed by atoms with E-state index < -0.39 is 12.6 Å². The van der Waals surface area contributed by atoms with E-state index in [9.17, 15) is 14.4 Å². The van der Waals surface area contributed by atoms with Crippen LogP contribution in [0.2, 0.25) is 0 Å². The molecule has 178 valence electrons. The Hall–Kier alpha value is -4.26. The molecule has 0 spiro atoms. The van der Waals surface area contributed by atoms with E-state index in [4.69, 9.17) is 4.74 Å². The fraction of sp³-hybridized carbons (Fsp3) is 0.214. The van der Waals surface area contributed by atoms with Crippen LogP contribution < -0.4 is 5.56 Å². The van der Waals surface area contributed by atoms with Crippen LogP contribution in [0.25, 0.3) is 10.8 Å². The first-order chi connectivity index (χ1) is 17.1. The van der Waals surface area contributed by atoms with Crippen molar-refractivity contribution in [3.63, 3.8) is 0 Å². The van der Waals surface area contributed by atoms with Gasteiger partial charge in [0.1, 0.15) is 0 Å². The number of ether oxygens (including phenoxy) is 1. The molecular formula is C28H27N3O4. The van der Waals surface area contributed by atoms with Gasteiger partial charge in [-0.05, 0) is 23.6 Å². The average molecular weight is 470 g/mol. The lowest BCUT2D eigenvalue weighted by atomic mass is 10.1. The van der Waals surface area contributed by atoms with Gasteiger partial charge in [0.25, 0.3) is 11.5 Å². The number of aromatic nitrogens is 2. The molecule has 3 aromatic carbocycles. The molecule has 0 unspecified atom stereocenters. The third kappa shape index (κ3) is 5.81. The fourth-order valence-electron chi connectivity index (χ4n) is 3.88. The molecule has 0 saturated heterocycles. The maximum Gasteiger partial charge on any atom is 0.359 e. The summed E-state index contributed by atoms with van der Waals surface area (Å²) >= 11 is 0. The topological polar surface area (TPSA) is 81.5 Å². The molecule has 0 radical (unpaired) electrons. The normalized spacial score (nSPS) is 10.8. The van der Waals surface area contributed by atoms with Gasteiger partial charge in [0, 0.05) is 25.0 Å². The second kappa shape index (κ2) is 11.2. The molecule has 1 amide bonds. The van der Waals surface area contributed by atoms with Gasteiger partial charge in [-0.1, -0.05) is 85.8 Å². The molecule has 7 heteroatoms. The van der Waals surface area contributed by atoms with Crippen molar-refractivity contribution in [1.29, 1.82) is 0 Å². The molecule has 0 aliphatic heterocycles. The third-order valence-corrected chi connectivity index (χ3v) is 5.61. The number of fused-ring (bicyclic) bond motifs is 1. The number of rotatable bonds is 9. The zero-order valence-electron chi connectivity index (χ0n) is 19.6. The van der Waals surface area contributed by atoms with Crippen molar-refractivity contribution in [3.8, 4) is 0 Å². The van der Waals surface area contributed by atoms with Crippen LogP contribution in [0.5, 0.6) is 0 Å². The molecule has 4 aromatic rings. The number of carbonyl (C=O) groups is 2. The summed E-state index contributed by atoms with van der Waals surface area (Å²) in [5.41, 5.74) is 1.72. The molecule has 7 nitrogen and oxygen atoms in total. The summed E-state index contributed by atoms with van der Waals surface area (Å²) in [6, 6.07) is 26.1. The summed E-state index contributed by atoms with van der Waals surface area (Å²) in [6.45, 7) is 2.64. The Kier molecular flexibility index (Phi) is 7.67. The summed E-state index contributed by atoms with van der Waals surface area (Å²) in [7, 11) is 0. The minimum absolute atomic E-state index is 0.0270. The Morgan fingerprint density at radius 1 is 0.829 bits per heavy atom. The summed E-state index contributed by atoms with van der Waals surface area (Å²) in [5.74, 6) is -1.06. The van der Waals surface area contributed by atoms with E-state index in [1.54, 1.807) is 29.2 Å². The first kappa shape index (κ1) is 23.9. The van der Waals surface area contributed by atoms with Gasteiger partial charge in [-0.3, -0.25) is 9.59 Å². The number of esters is 1. The lowest BCUT2D eigenvalue weighted by Gasteiger charge is -2.23. The van der Waals surface area contributed by atoms with E-state index >= 15 is 0 Å². The van der Waals surface area contributed by atoms with Crippen LogP contribution in [0.4, 0.5) is 0 Å². The van der Waals surface area contributed by atoms with Crippen LogP contribution in [0, 0.1) is 0 Å². The second-order valence-corrected chi connectivity index (χ2v) is 8.22. The lowest BCUT2D eigenvalue weighted by molar-refractivity contribution is -0.135. The van der Waals surface area contributed by atoms with E-state index in [1.807, 2.05) is 67.6 Å². The monoisotopic (exact) mass is 469 g/mol. The maximum atomic E-state index is 13.1. The average Bonchev–Trinajstić information content (AvgIpc) is 2.89. The highest BCUT2D eigenvalue weighted by Gasteiger charge is 2.21. The Balaban J connectivity index is 1.54. The number of hydrogen-bond donors (Lipinski definition) is 0. The van der Waals surface area contributed by atoms with Gasteiger partial charge in [0.2, 0.25) is 0 Å². The standard InChI is InChI=1S/C28H27N3O4/c1-2-17-31-27(33)24-16-10-9-15-23(24)26(29-31)28(34)35-20-25(32)30(18-21-11-5-3-6-12-21)19-22-13-7-4-8-14-22/h3-16H,2,17-20H2,1H3. The second-order valence-electron chi connectivity index (χ2n) is 8.22. The van der Waals surface area contributed by atoms with Crippen LogP contribution >= 0.6 is 0 Å². The first-order valence-corrected chi connectivity index (χ1v) is 11.6. The molecule has 0 N–H and O–H groups in total. The first-order valence-electron chi connectivity index (χ1n) is 11.6. The molecule has 0 aliphatic rings. The minimum atomic E-state index is -0.737. The predicted octanol–water partition coefficient (Wildman–Crippen LogP) is 4.19. The van der Waals surface area contributed by atoms with Crippen molar-refractivity contribution in [2.45, 2.75) is 33.0 Å². The number of carbonyl (C=O) groups excluding carboxylic acids is 2. The van der Waals surface area contributed by atoms with E-state index in [2.05, 4.69) is 5.10 Å². The molecule has 35 heavy (non-hydrogen) atoms. The van der Waals surface area contributed by atoms with Gasteiger partial charge in [-0.25, -0.2) is 9.48 Å². The maximum absolute atomic E-state index is 13.1. The Bertz CT molecular complexity index is 1330. The molecule has 0 fully saturated rings. The predicted molar refractivity (Wildman–Crippen MR) is 134 cm³/mol. The molecule has 0 aliphatic carbocycles. The third-order valence-electron chi connectivity index (χ3n) is 5.61. The van der Waals surface area contributed by atoms with Crippen molar-refractivity contribution in [3.05, 3.63) is 112 Å². The van der Waals surface area contributed by atoms with E-state index in [1.165, 1.54) is 4.68 Å². The number of aryl methyl sites for hydroxylation is 1. The highest BCUT2D eigenvalue weighted by Crippen LogP contribution is 2.15. The van der Waals surface area contributed by atoms with Crippen molar-refractivity contribution in [1.82, 2.24) is 14.7 Å². The van der Waals surface area contributed by atoms with Gasteiger partial charge in [-0.2, -0.15) is 5.10 Å². The quantitative estimate of drug-likeness (QED) is 0.343. The Morgan fingerprint density at radius 2 is 1.37 bits per heavy atom. The highest BCUT2D eigenvalue weighted by atomic mass is 16.5. The molecular weight excluding hydrogens is 442 g/mol. The van der Waals surface area contributed by atoms with Gasteiger partial charge in [0.05, 0.1) is 5.39 Å². The van der Waals surface area contributed by atoms with E-state index in [0.717, 1.165) is 11.1 Å². The van der Waals surface area contributed by atoms with Gasteiger partial charge in [-0.15, -0.1) is 0 Å². The molecule has 4 rings (SSSR count). The van der Waals surface area contributed by atoms with Gasteiger partial charge >= 0.3 is 5.97 Å². The van der Waals surface area contributed by atoms with Gasteiger partial charge < -0.3 is 9.64 Å². The fourth-order valence-corrected chi connectivity index (χ4v) is 3.88. The Labute approximate surface area is 203 Å². The molecule has 0 atom stereocenters. The summed E-state index contributed by atoms with van der Waals surface area (Å²) in [5, 5.41) is 5.06. The molecule has 0 bridgehead atoms. The minimum Gasteiger partial charge on any atom is -0.451 e. The van der Waals surface area contributed by atoms with Crippen LogP contribution in [0.1, 0.15) is 35.0 Å². The summed E-state index contributed by atoms with van der Waals surface area (Å²) < 4.78 is 6.70. The Morgan fingerprint density at radius 3 is 1.94 bits per heavy atom. The summed E-state index contributed by atoms with van der Waals surface area (Å²) in [4.78, 5) is 40.5. The van der Waals surface area contributed by atoms with E-state index in [-0.39, 0.29) is 17.2 Å². The van der Waals surface area contributed by atoms with E-state index in [0.29, 0.717) is 36.8 Å². The van der Waals surface area contributed by atoms with Crippen molar-refractivity contribution >= 4 is 22.6 Å². The highest BCUT2D eigenvalue weighted by molar-refractivity contribution is 6.02. The molecule has 1 heterocycles. The number of hydrogen-bond acceptors (Lipinski definition) is 5. The van der Waals surface area contributed by atoms with Crippen molar-refractivity contribution in [2.24, 2.45) is 0 Å². The van der Waals surface area contributed by atoms with Crippen LogP contribution in [0.15, 0.2) is 89.7 Å². The number of benzene rings is 3. The van der Waals surface area contributed by atoms with Crippen molar-refractivity contribution < 1.29 is 14.3 Å². The van der Waals surface area contributed by atoms with Crippen molar-refractivity contribution in [2.75, 3.05) is 6.61 Å². The summed E-state index contributed by atoms with van der Waals surface area (Å²) in [6.07, 6.45) is 0.687. The van der Waals surface area contributed by atoms with Crippen LogP contribution in [0.3, 0.4) is 0 Å². The lowest BCUT2D eigenvalue weighted by Crippen LogP contribution is -2.34. The number of amides is 1. The zero-order valence-corrected chi connectivity index (χ0v) is 19.6. The molecule has 0 saturated carbocycles. The smallest absolute Gasteiger partial charge is 0.359 e. The molecule has 1 aromatic heterocycles. The number of nitrogens with zero attached hydrogens (tertiary/aromatic N) is 3. The SMILES string of the molecule is CCCn1nc(C(=O)OCC(=O)N(Cc2ccccc2)Cc2ccccc2)c2ccccc2c1=O. The van der Waals surface area contributed by atoms with Gasteiger partial charge in [0.15, 0.2) is 12.3 Å². The zero-order chi connectivity index (χ0) is 24.6. The largest absolute Gasteiger partial charge is 0.451 e.